The molecule has 1 saturated heterocycles. The molecule has 2 atom stereocenters. The molecule has 0 radical (unpaired) electrons. The van der Waals surface area contributed by atoms with Crippen LogP contribution in [0.3, 0.4) is 0 Å². The van der Waals surface area contributed by atoms with Gasteiger partial charge in [0, 0.05) is 6.20 Å². The van der Waals surface area contributed by atoms with Crippen molar-refractivity contribution in [1.82, 2.24) is 20.3 Å². The van der Waals surface area contributed by atoms with Crippen LogP contribution in [0.4, 0.5) is 18.9 Å². The van der Waals surface area contributed by atoms with Crippen LogP contribution in [0, 0.1) is 23.4 Å². The van der Waals surface area contributed by atoms with E-state index in [0.29, 0.717) is 42.1 Å². The Kier molecular flexibility index (Phi) is 7.69. The topological polar surface area (TPSA) is 89.4 Å². The van der Waals surface area contributed by atoms with Crippen molar-refractivity contribution in [2.75, 3.05) is 11.4 Å². The Bertz CT molecular complexity index is 1450. The summed E-state index contributed by atoms with van der Waals surface area (Å²) in [5.41, 5.74) is 0.965. The third-order valence-electron chi connectivity index (χ3n) is 6.41. The van der Waals surface area contributed by atoms with Gasteiger partial charge in [0.2, 0.25) is 0 Å². The summed E-state index contributed by atoms with van der Waals surface area (Å²) in [5, 5.41) is 10.7. The monoisotopic (exact) mass is 535 g/mol. The number of amides is 2. The Hall–Kier alpha value is -4.51. The highest BCUT2D eigenvalue weighted by Crippen LogP contribution is 2.27. The molecular weight excluding hydrogens is 511 g/mol. The highest BCUT2D eigenvalue weighted by Gasteiger charge is 2.35. The summed E-state index contributed by atoms with van der Waals surface area (Å²) in [4.78, 5) is 28.0. The Morgan fingerprint density at radius 3 is 2.36 bits per heavy atom. The summed E-state index contributed by atoms with van der Waals surface area (Å²) in [6, 6.07) is 15.0. The molecule has 0 aliphatic carbocycles. The van der Waals surface area contributed by atoms with E-state index < -0.39 is 29.5 Å². The largest absolute Gasteiger partial charge is 0.457 e. The summed E-state index contributed by atoms with van der Waals surface area (Å²) in [6.45, 7) is 0.273. The number of ether oxygens (including phenoxy) is 1. The smallest absolute Gasteiger partial charge is 0.255 e. The quantitative estimate of drug-likeness (QED) is 0.363. The molecule has 1 fully saturated rings. The molecule has 1 aliphatic heterocycles. The van der Waals surface area contributed by atoms with Gasteiger partial charge in [-0.15, -0.1) is 5.10 Å². The number of rotatable bonds is 8. The second kappa shape index (κ2) is 11.5. The first-order chi connectivity index (χ1) is 18.9. The lowest BCUT2D eigenvalue weighted by Gasteiger charge is -2.24. The van der Waals surface area contributed by atoms with Crippen molar-refractivity contribution < 1.29 is 27.5 Å². The van der Waals surface area contributed by atoms with E-state index in [4.69, 9.17) is 4.74 Å². The Labute approximate surface area is 222 Å². The van der Waals surface area contributed by atoms with E-state index in [9.17, 15) is 22.8 Å². The molecule has 1 aliphatic rings. The summed E-state index contributed by atoms with van der Waals surface area (Å²) >= 11 is 0. The van der Waals surface area contributed by atoms with E-state index in [1.165, 1.54) is 47.4 Å². The van der Waals surface area contributed by atoms with Crippen LogP contribution in [0.15, 0.2) is 79.1 Å². The molecule has 200 valence electrons. The number of nitrogens with zero attached hydrogens (tertiary/aromatic N) is 4. The molecule has 0 spiro atoms. The van der Waals surface area contributed by atoms with E-state index in [0.717, 1.165) is 17.0 Å². The van der Waals surface area contributed by atoms with E-state index in [2.05, 4.69) is 15.6 Å². The molecular formula is C28H24F3N5O3. The van der Waals surface area contributed by atoms with E-state index in [-0.39, 0.29) is 18.3 Å². The van der Waals surface area contributed by atoms with Crippen LogP contribution in [0.2, 0.25) is 0 Å². The number of carbonyl (C=O) groups excluding carboxylic acids is 2. The van der Waals surface area contributed by atoms with Crippen LogP contribution in [0.5, 0.6) is 11.5 Å². The minimum Gasteiger partial charge on any atom is -0.457 e. The Morgan fingerprint density at radius 2 is 1.69 bits per heavy atom. The van der Waals surface area contributed by atoms with Gasteiger partial charge in [0.25, 0.3) is 11.8 Å². The van der Waals surface area contributed by atoms with Gasteiger partial charge < -0.3 is 10.1 Å². The van der Waals surface area contributed by atoms with Gasteiger partial charge in [-0.25, -0.2) is 22.8 Å². The Morgan fingerprint density at radius 1 is 0.974 bits per heavy atom. The molecule has 3 aromatic carbocycles. The van der Waals surface area contributed by atoms with Gasteiger partial charge in [0.15, 0.2) is 11.6 Å². The molecule has 0 saturated carbocycles. The first kappa shape index (κ1) is 26.1. The van der Waals surface area contributed by atoms with Crippen LogP contribution in [0.25, 0.3) is 0 Å². The lowest BCUT2D eigenvalue weighted by Crippen LogP contribution is -2.48. The van der Waals surface area contributed by atoms with Crippen molar-refractivity contribution in [2.45, 2.75) is 25.4 Å². The second-order valence-electron chi connectivity index (χ2n) is 9.23. The summed E-state index contributed by atoms with van der Waals surface area (Å²) < 4.78 is 47.1. The number of aromatic nitrogens is 3. The van der Waals surface area contributed by atoms with Crippen molar-refractivity contribution in [3.63, 3.8) is 0 Å². The zero-order chi connectivity index (χ0) is 27.4. The van der Waals surface area contributed by atoms with Crippen LogP contribution in [-0.4, -0.2) is 39.4 Å². The van der Waals surface area contributed by atoms with Gasteiger partial charge in [-0.1, -0.05) is 11.3 Å². The number of carbonyl (C=O) groups is 2. The lowest BCUT2D eigenvalue weighted by atomic mass is 9.96. The fourth-order valence-corrected chi connectivity index (χ4v) is 4.53. The van der Waals surface area contributed by atoms with E-state index in [1.807, 2.05) is 0 Å². The van der Waals surface area contributed by atoms with Crippen molar-refractivity contribution in [1.29, 1.82) is 0 Å². The highest BCUT2D eigenvalue weighted by atomic mass is 19.2. The van der Waals surface area contributed by atoms with Crippen LogP contribution < -0.4 is 15.0 Å². The molecule has 8 nitrogen and oxygen atoms in total. The van der Waals surface area contributed by atoms with Crippen molar-refractivity contribution in [3.8, 4) is 11.5 Å². The zero-order valence-corrected chi connectivity index (χ0v) is 20.6. The Balaban J connectivity index is 1.32. The van der Waals surface area contributed by atoms with Crippen LogP contribution >= 0.6 is 0 Å². The molecule has 2 unspecified atom stereocenters. The standard InChI is InChI=1S/C28H24F3N5O3/c29-20-2-6-22(7-3-20)39-23-8-4-21(5-9-23)36(27(37)17-35-12-11-33-34-35)28(38)26-15-19(16-32-26)13-18-1-10-24(30)25(31)14-18/h1-12,14,19,26,32H,13,15-17H2. The third-order valence-corrected chi connectivity index (χ3v) is 6.41. The molecule has 1 aromatic heterocycles. The normalized spacial score (nSPS) is 16.7. The second-order valence-corrected chi connectivity index (χ2v) is 9.23. The average molecular weight is 536 g/mol. The average Bonchev–Trinajstić information content (AvgIpc) is 3.61. The molecule has 2 heterocycles. The maximum absolute atomic E-state index is 13.6. The van der Waals surface area contributed by atoms with Gasteiger partial charge >= 0.3 is 0 Å². The van der Waals surface area contributed by atoms with Crippen molar-refractivity contribution >= 4 is 17.5 Å². The number of benzene rings is 3. The summed E-state index contributed by atoms with van der Waals surface area (Å²) in [5.74, 6) is -2.31. The predicted molar refractivity (Wildman–Crippen MR) is 135 cm³/mol. The third kappa shape index (κ3) is 6.32. The first-order valence-corrected chi connectivity index (χ1v) is 12.3. The van der Waals surface area contributed by atoms with Crippen LogP contribution in [-0.2, 0) is 22.6 Å². The van der Waals surface area contributed by atoms with E-state index >= 15 is 0 Å². The van der Waals surface area contributed by atoms with Crippen molar-refractivity contribution in [3.05, 3.63) is 102 Å². The van der Waals surface area contributed by atoms with Crippen LogP contribution in [0.1, 0.15) is 12.0 Å². The number of hydrogen-bond acceptors (Lipinski definition) is 6. The fourth-order valence-electron chi connectivity index (χ4n) is 4.53. The highest BCUT2D eigenvalue weighted by molar-refractivity contribution is 6.16. The molecule has 4 aromatic rings. The number of halogens is 3. The molecule has 5 rings (SSSR count). The number of nitrogens with one attached hydrogen (secondary N) is 1. The van der Waals surface area contributed by atoms with Gasteiger partial charge in [-0.3, -0.25) is 9.59 Å². The predicted octanol–water partition coefficient (Wildman–Crippen LogP) is 4.27. The maximum atomic E-state index is 13.6. The fraction of sp³-hybridized carbons (Fsp3) is 0.214. The van der Waals surface area contributed by atoms with Gasteiger partial charge in [0.05, 0.1) is 17.9 Å². The molecule has 1 N–H and O–H groups in total. The molecule has 0 bridgehead atoms. The SMILES string of the molecule is O=C(Cn1ccnn1)N(C(=O)C1CC(Cc2ccc(F)c(F)c2)CN1)c1ccc(Oc2ccc(F)cc2)cc1. The van der Waals surface area contributed by atoms with Gasteiger partial charge in [-0.05, 0) is 91.5 Å². The molecule has 2 amide bonds. The van der Waals surface area contributed by atoms with E-state index in [1.54, 1.807) is 24.3 Å². The maximum Gasteiger partial charge on any atom is 0.255 e. The number of anilines is 1. The lowest BCUT2D eigenvalue weighted by molar-refractivity contribution is -0.128. The minimum absolute atomic E-state index is 0.0115. The number of hydrogen-bond donors (Lipinski definition) is 1. The van der Waals surface area contributed by atoms with Gasteiger partial charge in [0.1, 0.15) is 23.9 Å². The first-order valence-electron chi connectivity index (χ1n) is 12.3. The molecule has 39 heavy (non-hydrogen) atoms. The summed E-state index contributed by atoms with van der Waals surface area (Å²) in [6.07, 6.45) is 3.82. The number of imide groups is 1. The zero-order valence-electron chi connectivity index (χ0n) is 20.6. The summed E-state index contributed by atoms with van der Waals surface area (Å²) in [7, 11) is 0. The van der Waals surface area contributed by atoms with Crippen molar-refractivity contribution in [2.24, 2.45) is 5.92 Å². The van der Waals surface area contributed by atoms with Gasteiger partial charge in [-0.2, -0.15) is 0 Å². The minimum atomic E-state index is -0.914. The molecule has 11 heteroatoms.